The number of piperazine rings is 1. The minimum Gasteiger partial charge on any atom is -0.361 e. The fourth-order valence-corrected chi connectivity index (χ4v) is 3.87. The van der Waals surface area contributed by atoms with Gasteiger partial charge in [0.15, 0.2) is 0 Å². The number of para-hydroxylation sites is 1. The Balaban J connectivity index is 1.26. The summed E-state index contributed by atoms with van der Waals surface area (Å²) in [6, 6.07) is 15.1. The van der Waals surface area contributed by atoms with Crippen LogP contribution in [-0.4, -0.2) is 59.3 Å². The highest BCUT2D eigenvalue weighted by atomic mass is 35.5. The molecule has 1 fully saturated rings. The molecule has 0 saturated carbocycles. The Hall–Kier alpha value is -2.83. The Bertz CT molecular complexity index is 1020. The largest absolute Gasteiger partial charge is 0.361 e. The van der Waals surface area contributed by atoms with E-state index in [9.17, 15) is 9.59 Å². The predicted octanol–water partition coefficient (Wildman–Crippen LogP) is 3.15. The van der Waals surface area contributed by atoms with Gasteiger partial charge in [-0.15, -0.1) is 0 Å². The first-order valence-corrected chi connectivity index (χ1v) is 10.1. The fourth-order valence-electron chi connectivity index (χ4n) is 3.68. The Morgan fingerprint density at radius 3 is 2.62 bits per heavy atom. The third-order valence-electron chi connectivity index (χ3n) is 5.22. The van der Waals surface area contributed by atoms with Crippen molar-refractivity contribution in [1.82, 2.24) is 14.8 Å². The molecular weight excluding hydrogens is 388 g/mol. The number of carbonyl (C=O) groups is 2. The molecule has 1 saturated heterocycles. The Morgan fingerprint density at radius 1 is 1.03 bits per heavy atom. The number of halogens is 1. The number of aromatic amines is 1. The summed E-state index contributed by atoms with van der Waals surface area (Å²) in [4.78, 5) is 32.1. The molecule has 3 aromatic rings. The smallest absolute Gasteiger partial charge is 0.238 e. The van der Waals surface area contributed by atoms with Gasteiger partial charge in [0.2, 0.25) is 11.8 Å². The summed E-state index contributed by atoms with van der Waals surface area (Å²) >= 11 is 5.95. The SMILES string of the molecule is O=C(CN1CCN(C(=O)Cc2c[nH]c3ccccc23)CC1)Nc1cccc(Cl)c1. The van der Waals surface area contributed by atoms with Crippen molar-refractivity contribution in [3.8, 4) is 0 Å². The Morgan fingerprint density at radius 2 is 1.83 bits per heavy atom. The summed E-state index contributed by atoms with van der Waals surface area (Å²) < 4.78 is 0. The van der Waals surface area contributed by atoms with Crippen LogP contribution < -0.4 is 5.32 Å². The second-order valence-electron chi connectivity index (χ2n) is 7.25. The number of fused-ring (bicyclic) bond motifs is 1. The summed E-state index contributed by atoms with van der Waals surface area (Å²) in [5.74, 6) is 0.0450. The molecule has 2 amide bonds. The molecule has 1 aromatic heterocycles. The molecule has 150 valence electrons. The normalized spacial score (nSPS) is 14.9. The van der Waals surface area contributed by atoms with Crippen LogP contribution in [0.3, 0.4) is 0 Å². The molecule has 2 heterocycles. The maximum atomic E-state index is 12.7. The van der Waals surface area contributed by atoms with Crippen molar-refractivity contribution >= 4 is 40.0 Å². The molecule has 0 spiro atoms. The highest BCUT2D eigenvalue weighted by Crippen LogP contribution is 2.19. The highest BCUT2D eigenvalue weighted by Gasteiger charge is 2.23. The number of nitrogens with zero attached hydrogens (tertiary/aromatic N) is 2. The number of aromatic nitrogens is 1. The van der Waals surface area contributed by atoms with Crippen LogP contribution in [-0.2, 0) is 16.0 Å². The minimum absolute atomic E-state index is 0.0779. The summed E-state index contributed by atoms with van der Waals surface area (Å²) in [6.45, 7) is 2.93. The van der Waals surface area contributed by atoms with Crippen LogP contribution in [0.5, 0.6) is 0 Å². The highest BCUT2D eigenvalue weighted by molar-refractivity contribution is 6.30. The third-order valence-corrected chi connectivity index (χ3v) is 5.45. The van der Waals surface area contributed by atoms with Gasteiger partial charge in [-0.2, -0.15) is 0 Å². The van der Waals surface area contributed by atoms with Crippen LogP contribution in [0.1, 0.15) is 5.56 Å². The van der Waals surface area contributed by atoms with Gasteiger partial charge in [0, 0.05) is 54.0 Å². The van der Waals surface area contributed by atoms with Gasteiger partial charge >= 0.3 is 0 Å². The lowest BCUT2D eigenvalue weighted by Crippen LogP contribution is -2.50. The molecule has 0 atom stereocenters. The van der Waals surface area contributed by atoms with E-state index in [0.717, 1.165) is 16.5 Å². The van der Waals surface area contributed by atoms with E-state index < -0.39 is 0 Å². The summed E-state index contributed by atoms with van der Waals surface area (Å²) in [6.07, 6.45) is 2.30. The number of benzene rings is 2. The van der Waals surface area contributed by atoms with Gasteiger partial charge in [-0.3, -0.25) is 14.5 Å². The first kappa shape index (κ1) is 19.5. The first-order valence-electron chi connectivity index (χ1n) is 9.69. The van der Waals surface area contributed by atoms with Gasteiger partial charge < -0.3 is 15.2 Å². The number of carbonyl (C=O) groups excluding carboxylic acids is 2. The zero-order valence-electron chi connectivity index (χ0n) is 16.0. The van der Waals surface area contributed by atoms with E-state index in [1.54, 1.807) is 18.2 Å². The lowest BCUT2D eigenvalue weighted by molar-refractivity contribution is -0.132. The quantitative estimate of drug-likeness (QED) is 0.679. The van der Waals surface area contributed by atoms with E-state index in [1.165, 1.54) is 0 Å². The number of anilines is 1. The van der Waals surface area contributed by atoms with E-state index >= 15 is 0 Å². The van der Waals surface area contributed by atoms with E-state index in [4.69, 9.17) is 11.6 Å². The number of hydrogen-bond donors (Lipinski definition) is 2. The van der Waals surface area contributed by atoms with Gasteiger partial charge in [-0.05, 0) is 29.8 Å². The van der Waals surface area contributed by atoms with Crippen LogP contribution in [0, 0.1) is 0 Å². The topological polar surface area (TPSA) is 68.4 Å². The number of amides is 2. The molecule has 0 radical (unpaired) electrons. The van der Waals surface area contributed by atoms with E-state index in [-0.39, 0.29) is 11.8 Å². The monoisotopic (exact) mass is 410 g/mol. The zero-order valence-corrected chi connectivity index (χ0v) is 16.8. The van der Waals surface area contributed by atoms with Crippen molar-refractivity contribution in [1.29, 1.82) is 0 Å². The van der Waals surface area contributed by atoms with Crippen molar-refractivity contribution in [2.75, 3.05) is 38.0 Å². The van der Waals surface area contributed by atoms with Crippen molar-refractivity contribution in [2.45, 2.75) is 6.42 Å². The van der Waals surface area contributed by atoms with Crippen LogP contribution in [0.15, 0.2) is 54.7 Å². The third kappa shape index (κ3) is 4.78. The summed E-state index contributed by atoms with van der Waals surface area (Å²) in [5, 5.41) is 4.54. The number of hydrogen-bond acceptors (Lipinski definition) is 3. The lowest BCUT2D eigenvalue weighted by atomic mass is 10.1. The molecule has 1 aliphatic heterocycles. The van der Waals surface area contributed by atoms with Crippen LogP contribution >= 0.6 is 11.6 Å². The minimum atomic E-state index is -0.0779. The van der Waals surface area contributed by atoms with Crippen molar-refractivity contribution < 1.29 is 9.59 Å². The molecule has 29 heavy (non-hydrogen) atoms. The predicted molar refractivity (Wildman–Crippen MR) is 115 cm³/mol. The maximum absolute atomic E-state index is 12.7. The van der Waals surface area contributed by atoms with Gasteiger partial charge in [-0.1, -0.05) is 35.9 Å². The number of H-pyrrole nitrogens is 1. The molecule has 6 nitrogen and oxygen atoms in total. The molecule has 0 aliphatic carbocycles. The number of nitrogens with one attached hydrogen (secondary N) is 2. The van der Waals surface area contributed by atoms with Gasteiger partial charge in [0.1, 0.15) is 0 Å². The first-order chi connectivity index (χ1) is 14.1. The molecule has 0 bridgehead atoms. The second kappa shape index (κ2) is 8.68. The molecule has 4 rings (SSSR count). The molecule has 0 unspecified atom stereocenters. The van der Waals surface area contributed by atoms with Crippen LogP contribution in [0.4, 0.5) is 5.69 Å². The summed E-state index contributed by atoms with van der Waals surface area (Å²) in [7, 11) is 0. The van der Waals surface area contributed by atoms with Gasteiger partial charge in [-0.25, -0.2) is 0 Å². The molecule has 1 aliphatic rings. The molecular formula is C22H23ClN4O2. The molecule has 2 N–H and O–H groups in total. The average molecular weight is 411 g/mol. The molecule has 2 aromatic carbocycles. The van der Waals surface area contributed by atoms with Crippen LogP contribution in [0.2, 0.25) is 5.02 Å². The van der Waals surface area contributed by atoms with E-state index in [0.29, 0.717) is 49.9 Å². The van der Waals surface area contributed by atoms with Crippen molar-refractivity contribution in [2.24, 2.45) is 0 Å². The van der Waals surface area contributed by atoms with Gasteiger partial charge in [0.25, 0.3) is 0 Å². The van der Waals surface area contributed by atoms with E-state index in [2.05, 4.69) is 15.2 Å². The zero-order chi connectivity index (χ0) is 20.2. The number of rotatable bonds is 5. The average Bonchev–Trinajstić information content (AvgIpc) is 3.11. The Kier molecular flexibility index (Phi) is 5.83. The summed E-state index contributed by atoms with van der Waals surface area (Å²) in [5.41, 5.74) is 2.76. The standard InChI is InChI=1S/C22H23ClN4O2/c23-17-4-3-5-18(13-17)25-21(28)15-26-8-10-27(11-9-26)22(29)12-16-14-24-20-7-2-1-6-19(16)20/h1-7,13-14,24H,8-12,15H2,(H,25,28). The Labute approximate surface area is 174 Å². The molecule has 7 heteroatoms. The fraction of sp³-hybridized carbons (Fsp3) is 0.273. The maximum Gasteiger partial charge on any atom is 0.238 e. The van der Waals surface area contributed by atoms with Crippen LogP contribution in [0.25, 0.3) is 10.9 Å². The van der Waals surface area contributed by atoms with Gasteiger partial charge in [0.05, 0.1) is 13.0 Å². The van der Waals surface area contributed by atoms with Crippen molar-refractivity contribution in [3.05, 3.63) is 65.3 Å². The van der Waals surface area contributed by atoms with Crippen molar-refractivity contribution in [3.63, 3.8) is 0 Å². The second-order valence-corrected chi connectivity index (χ2v) is 7.69. The van der Waals surface area contributed by atoms with E-state index in [1.807, 2.05) is 41.4 Å². The lowest BCUT2D eigenvalue weighted by Gasteiger charge is -2.34.